The first-order chi connectivity index (χ1) is 12.5. The van der Waals surface area contributed by atoms with Crippen molar-refractivity contribution in [1.29, 1.82) is 0 Å². The number of aromatic nitrogens is 4. The van der Waals surface area contributed by atoms with Gasteiger partial charge in [0.2, 0.25) is 5.91 Å². The van der Waals surface area contributed by atoms with E-state index in [1.54, 1.807) is 35.7 Å². The number of carbonyl (C=O) groups is 1. The quantitative estimate of drug-likeness (QED) is 0.601. The first-order valence-corrected chi connectivity index (χ1v) is 9.13. The van der Waals surface area contributed by atoms with Crippen LogP contribution in [0.15, 0.2) is 46.7 Å². The van der Waals surface area contributed by atoms with Crippen molar-refractivity contribution in [3.8, 4) is 0 Å². The lowest BCUT2D eigenvalue weighted by Gasteiger charge is -2.13. The zero-order chi connectivity index (χ0) is 18.3. The number of anilines is 1. The van der Waals surface area contributed by atoms with Gasteiger partial charge in [0, 0.05) is 17.5 Å². The van der Waals surface area contributed by atoms with Crippen molar-refractivity contribution in [2.75, 3.05) is 5.32 Å². The smallest absolute Gasteiger partial charge is 0.291 e. The Bertz CT molecular complexity index is 1160. The first kappa shape index (κ1) is 16.5. The normalized spacial score (nSPS) is 11.5. The van der Waals surface area contributed by atoms with Crippen LogP contribution in [0.1, 0.15) is 25.6 Å². The van der Waals surface area contributed by atoms with Crippen molar-refractivity contribution < 1.29 is 4.79 Å². The summed E-state index contributed by atoms with van der Waals surface area (Å²) in [6.07, 6.45) is 1.59. The van der Waals surface area contributed by atoms with E-state index in [-0.39, 0.29) is 23.9 Å². The molecule has 4 heterocycles. The van der Waals surface area contributed by atoms with Gasteiger partial charge in [-0.3, -0.25) is 14.0 Å². The summed E-state index contributed by atoms with van der Waals surface area (Å²) in [4.78, 5) is 30.2. The van der Waals surface area contributed by atoms with Crippen LogP contribution in [0, 0.1) is 0 Å². The summed E-state index contributed by atoms with van der Waals surface area (Å²) in [6, 6.07) is 9.08. The predicted octanol–water partition coefficient (Wildman–Crippen LogP) is 2.87. The second kappa shape index (κ2) is 6.38. The minimum Gasteiger partial charge on any atom is -0.309 e. The van der Waals surface area contributed by atoms with E-state index in [4.69, 9.17) is 0 Å². The van der Waals surface area contributed by atoms with Crippen LogP contribution >= 0.6 is 11.3 Å². The Morgan fingerprint density at radius 1 is 1.31 bits per heavy atom. The van der Waals surface area contributed by atoms with E-state index in [1.807, 2.05) is 35.8 Å². The van der Waals surface area contributed by atoms with Crippen LogP contribution in [0.5, 0.6) is 0 Å². The van der Waals surface area contributed by atoms with E-state index in [2.05, 4.69) is 15.4 Å². The van der Waals surface area contributed by atoms with Gasteiger partial charge in [0.1, 0.15) is 28.5 Å². The van der Waals surface area contributed by atoms with Crippen molar-refractivity contribution in [2.24, 2.45) is 0 Å². The van der Waals surface area contributed by atoms with E-state index >= 15 is 0 Å². The van der Waals surface area contributed by atoms with Crippen LogP contribution in [0.4, 0.5) is 5.82 Å². The molecule has 0 fully saturated rings. The topological polar surface area (TPSA) is 81.3 Å². The number of thiophene rings is 1. The zero-order valence-corrected chi connectivity index (χ0v) is 15.2. The number of nitrogens with zero attached hydrogens (tertiary/aromatic N) is 4. The summed E-state index contributed by atoms with van der Waals surface area (Å²) in [5, 5.41) is 10.2. The molecule has 0 aliphatic rings. The molecule has 0 bridgehead atoms. The average Bonchev–Trinajstić information content (AvgIpc) is 3.19. The molecule has 0 atom stereocenters. The molecule has 4 aromatic rings. The van der Waals surface area contributed by atoms with Gasteiger partial charge in [-0.2, -0.15) is 5.10 Å². The number of pyridine rings is 1. The fourth-order valence-electron chi connectivity index (χ4n) is 2.89. The van der Waals surface area contributed by atoms with Crippen LogP contribution in [0.2, 0.25) is 0 Å². The first-order valence-electron chi connectivity index (χ1n) is 8.25. The number of nitrogens with one attached hydrogen (secondary N) is 1. The minimum atomic E-state index is -0.342. The fraction of sp³-hybridized carbons (Fsp3) is 0.222. The number of fused-ring (bicyclic) bond motifs is 3. The van der Waals surface area contributed by atoms with Gasteiger partial charge in [0.05, 0.1) is 0 Å². The Kier molecular flexibility index (Phi) is 4.04. The zero-order valence-electron chi connectivity index (χ0n) is 14.3. The van der Waals surface area contributed by atoms with Gasteiger partial charge in [-0.05, 0) is 29.6 Å². The van der Waals surface area contributed by atoms with Gasteiger partial charge < -0.3 is 5.32 Å². The van der Waals surface area contributed by atoms with E-state index < -0.39 is 0 Å². The van der Waals surface area contributed by atoms with Crippen molar-refractivity contribution >= 4 is 38.8 Å². The number of rotatable bonds is 4. The number of hydrogen-bond acceptors (Lipinski definition) is 5. The monoisotopic (exact) mass is 367 g/mol. The molecule has 0 saturated heterocycles. The summed E-state index contributed by atoms with van der Waals surface area (Å²) < 4.78 is 3.13. The lowest BCUT2D eigenvalue weighted by atomic mass is 10.2. The highest BCUT2D eigenvalue weighted by Crippen LogP contribution is 2.26. The second-order valence-electron chi connectivity index (χ2n) is 6.28. The molecule has 132 valence electrons. The third-order valence-electron chi connectivity index (χ3n) is 4.06. The maximum absolute atomic E-state index is 12.8. The molecule has 4 rings (SSSR count). The Balaban J connectivity index is 1.76. The van der Waals surface area contributed by atoms with Gasteiger partial charge >= 0.3 is 0 Å². The van der Waals surface area contributed by atoms with Crippen molar-refractivity contribution in [3.63, 3.8) is 0 Å². The van der Waals surface area contributed by atoms with Gasteiger partial charge in [0.25, 0.3) is 5.56 Å². The van der Waals surface area contributed by atoms with Gasteiger partial charge in [0.15, 0.2) is 0 Å². The van der Waals surface area contributed by atoms with E-state index in [0.717, 1.165) is 16.0 Å². The van der Waals surface area contributed by atoms with E-state index in [0.29, 0.717) is 11.3 Å². The van der Waals surface area contributed by atoms with Crippen LogP contribution in [-0.2, 0) is 11.3 Å². The molecule has 0 spiro atoms. The molecular weight excluding hydrogens is 350 g/mol. The van der Waals surface area contributed by atoms with Crippen molar-refractivity contribution in [2.45, 2.75) is 26.3 Å². The van der Waals surface area contributed by atoms with Gasteiger partial charge in [-0.1, -0.05) is 19.9 Å². The highest BCUT2D eigenvalue weighted by molar-refractivity contribution is 7.16. The molecule has 26 heavy (non-hydrogen) atoms. The summed E-state index contributed by atoms with van der Waals surface area (Å²) in [5.74, 6) is 0.952. The molecule has 1 amide bonds. The van der Waals surface area contributed by atoms with Crippen LogP contribution < -0.4 is 10.9 Å². The molecule has 0 radical (unpaired) electrons. The average molecular weight is 367 g/mol. The fourth-order valence-corrected chi connectivity index (χ4v) is 3.79. The largest absolute Gasteiger partial charge is 0.309 e. The van der Waals surface area contributed by atoms with Crippen molar-refractivity contribution in [3.05, 3.63) is 58.1 Å². The Morgan fingerprint density at radius 3 is 2.88 bits per heavy atom. The summed E-state index contributed by atoms with van der Waals surface area (Å²) in [5.41, 5.74) is 0.255. The summed E-state index contributed by atoms with van der Waals surface area (Å²) >= 11 is 1.57. The van der Waals surface area contributed by atoms with Crippen LogP contribution in [0.25, 0.3) is 15.7 Å². The third kappa shape index (κ3) is 2.78. The SMILES string of the molecule is CC(C)c1nn(CC(=O)Nc2ccccn2)c(=O)c2cc3ccsc3n12. The van der Waals surface area contributed by atoms with Gasteiger partial charge in [-0.25, -0.2) is 9.67 Å². The number of hydrogen-bond donors (Lipinski definition) is 1. The molecule has 8 heteroatoms. The third-order valence-corrected chi connectivity index (χ3v) is 4.97. The molecule has 1 N–H and O–H groups in total. The molecular formula is C18H17N5O2S. The van der Waals surface area contributed by atoms with Crippen molar-refractivity contribution in [1.82, 2.24) is 19.2 Å². The van der Waals surface area contributed by atoms with E-state index in [9.17, 15) is 9.59 Å². The lowest BCUT2D eigenvalue weighted by molar-refractivity contribution is -0.117. The molecule has 7 nitrogen and oxygen atoms in total. The van der Waals surface area contributed by atoms with Crippen LogP contribution in [-0.4, -0.2) is 25.1 Å². The molecule has 0 aliphatic carbocycles. The highest BCUT2D eigenvalue weighted by Gasteiger charge is 2.18. The number of carbonyl (C=O) groups excluding carboxylic acids is 1. The Hall–Kier alpha value is -3.00. The second-order valence-corrected chi connectivity index (χ2v) is 7.18. The maximum Gasteiger partial charge on any atom is 0.291 e. The standard InChI is InChI=1S/C18H17N5O2S/c1-11(2)16-21-22(10-15(24)20-14-5-3-4-7-19-14)17(25)13-9-12-6-8-26-18(12)23(13)16/h3-9,11H,10H2,1-2H3,(H,19,20,24). The molecule has 0 unspecified atom stereocenters. The summed E-state index contributed by atoms with van der Waals surface area (Å²) in [6.45, 7) is 3.87. The highest BCUT2D eigenvalue weighted by atomic mass is 32.1. The summed E-state index contributed by atoms with van der Waals surface area (Å²) in [7, 11) is 0. The molecule has 0 saturated carbocycles. The Labute approximate surface area is 152 Å². The van der Waals surface area contributed by atoms with Crippen LogP contribution in [0.3, 0.4) is 0 Å². The molecule has 0 aromatic carbocycles. The van der Waals surface area contributed by atoms with Gasteiger partial charge in [-0.15, -0.1) is 11.3 Å². The predicted molar refractivity (Wildman–Crippen MR) is 102 cm³/mol. The minimum absolute atomic E-state index is 0.0981. The Morgan fingerprint density at radius 2 is 2.15 bits per heavy atom. The lowest BCUT2D eigenvalue weighted by Crippen LogP contribution is -2.32. The van der Waals surface area contributed by atoms with E-state index in [1.165, 1.54) is 4.68 Å². The number of amides is 1. The molecule has 4 aromatic heterocycles. The maximum atomic E-state index is 12.8. The molecule has 0 aliphatic heterocycles.